The van der Waals surface area contributed by atoms with Gasteiger partial charge in [-0.3, -0.25) is 52.8 Å². The summed E-state index contributed by atoms with van der Waals surface area (Å²) < 4.78 is 5.27. The molecule has 0 radical (unpaired) electrons. The Balaban J connectivity index is 1.21. The lowest BCUT2D eigenvalue weighted by atomic mass is 9.98. The van der Waals surface area contributed by atoms with E-state index < -0.39 is 139 Å². The number of ether oxygens (including phenoxy) is 1. The maximum atomic E-state index is 15.4. The fourth-order valence-electron chi connectivity index (χ4n) is 9.89. The molecule has 12 N–H and O–H groups in total. The molecule has 2 saturated heterocycles. The molecular formula is C60H68N10O14. The number of hydrogen-bond donors (Lipinski definition) is 11. The summed E-state index contributed by atoms with van der Waals surface area (Å²) in [5, 5.41) is 49.7. The second-order valence-electron chi connectivity index (χ2n) is 20.3. The molecule has 0 aliphatic carbocycles. The van der Waals surface area contributed by atoms with E-state index in [1.165, 1.54) is 63.4 Å². The van der Waals surface area contributed by atoms with Gasteiger partial charge in [0.15, 0.2) is 0 Å². The van der Waals surface area contributed by atoms with E-state index in [4.69, 9.17) is 10.5 Å². The highest BCUT2D eigenvalue weighted by Gasteiger charge is 2.45. The molecular weight excluding hydrogens is 1080 g/mol. The molecule has 3 heterocycles. The quantitative estimate of drug-likeness (QED) is 0.0502. The predicted octanol–water partition coefficient (Wildman–Crippen LogP) is 0.477. The van der Waals surface area contributed by atoms with Crippen LogP contribution in [0.1, 0.15) is 80.1 Å². The van der Waals surface area contributed by atoms with E-state index in [-0.39, 0.29) is 30.5 Å². The first-order valence-electron chi connectivity index (χ1n) is 27.1. The van der Waals surface area contributed by atoms with Crippen LogP contribution in [-0.2, 0) is 54.4 Å². The highest BCUT2D eigenvalue weighted by Crippen LogP contribution is 2.27. The summed E-state index contributed by atoms with van der Waals surface area (Å²) in [6, 6.07) is 15.7. The van der Waals surface area contributed by atoms with E-state index in [9.17, 15) is 58.5 Å². The third kappa shape index (κ3) is 15.3. The molecule has 10 amide bonds. The van der Waals surface area contributed by atoms with Crippen LogP contribution in [0.4, 0.5) is 0 Å². The smallest absolute Gasteiger partial charge is 0.252 e. The molecule has 7 rings (SSSR count). The van der Waals surface area contributed by atoms with E-state index in [1.807, 2.05) is 31.2 Å². The summed E-state index contributed by atoms with van der Waals surface area (Å²) in [4.78, 5) is 147. The number of methoxy groups -OCH3 is 1. The monoisotopic (exact) mass is 1150 g/mol. The van der Waals surface area contributed by atoms with Crippen LogP contribution < -0.4 is 42.4 Å². The zero-order chi connectivity index (χ0) is 60.8. The number of hydrogen-bond acceptors (Lipinski definition) is 14. The number of carbonyl (C=O) groups is 10. The number of nitrogens with two attached hydrogens (primary N) is 1. The van der Waals surface area contributed by atoms with Crippen LogP contribution in [0.3, 0.4) is 0 Å². The molecule has 10 atom stereocenters. The largest absolute Gasteiger partial charge is 0.497 e. The predicted molar refractivity (Wildman–Crippen MR) is 306 cm³/mol. The van der Waals surface area contributed by atoms with Crippen LogP contribution in [0.15, 0.2) is 121 Å². The number of primary amides is 1. The van der Waals surface area contributed by atoms with E-state index in [2.05, 4.69) is 36.9 Å². The lowest BCUT2D eigenvalue weighted by Gasteiger charge is -2.32. The van der Waals surface area contributed by atoms with E-state index in [1.54, 1.807) is 60.8 Å². The Morgan fingerprint density at radius 1 is 0.738 bits per heavy atom. The summed E-state index contributed by atoms with van der Waals surface area (Å²) in [5.74, 6) is -10.7. The number of allylic oxidation sites excluding steroid dienone is 1. The number of rotatable bonds is 19. The van der Waals surface area contributed by atoms with Gasteiger partial charge in [0.1, 0.15) is 66.8 Å². The normalized spacial score (nSPS) is 20.2. The number of para-hydroxylation sites is 1. The van der Waals surface area contributed by atoms with Crippen molar-refractivity contribution in [3.63, 3.8) is 0 Å². The van der Waals surface area contributed by atoms with Gasteiger partial charge in [0.05, 0.1) is 19.6 Å². The molecule has 24 nitrogen and oxygen atoms in total. The number of benzene rings is 4. The third-order valence-electron chi connectivity index (χ3n) is 14.4. The average molecular weight is 1150 g/mol. The SMILES string of the molecule is C/C=C\c1ccccc1/C=C/C(=O)N[C@H](C(=O)N[C@@H](C)C(=O)N[C@@H](CC(=O)N1CC(=O)N[C@@H]([C@@H](O)c2ccccc2)C(=O)N2CCC[C@H]2C(=O)N[C@@H]([C@@H](O)c2ccc(OC)cc2)C(=O)N[C@H](Cc2c[nH]c3ccccc23)C1=O)C(N)=O)[C@@H](C)O. The molecule has 1 aromatic heterocycles. The van der Waals surface area contributed by atoms with Gasteiger partial charge < -0.3 is 67.6 Å². The molecule has 0 saturated carbocycles. The van der Waals surface area contributed by atoms with Crippen LogP contribution >= 0.6 is 0 Å². The Morgan fingerprint density at radius 3 is 2.05 bits per heavy atom. The van der Waals surface area contributed by atoms with Crippen LogP contribution in [0.25, 0.3) is 23.1 Å². The first-order chi connectivity index (χ1) is 40.2. The summed E-state index contributed by atoms with van der Waals surface area (Å²) in [6.45, 7) is 2.95. The standard InChI is InChI=1S/C60H68N10O14/c1-5-14-35-15-9-10-16-36(35)24-27-46(72)66-49(34(3)71)57(80)63-33(2)55(78)64-43(54(61)77)30-48(74)70-32-47(73)67-51(53(76)37-17-7-6-8-18-37)60(83)69-28-13-21-45(69)56(79)68-50(52(75)38-22-25-40(84-4)26-23-38)58(81)65-44(59(70)82)29-39-31-62-42-20-12-11-19-41(39)42/h5-12,14-20,22-27,31,33-34,43-45,49-53,62,71,75-76H,13,21,28-30,32H2,1-4H3,(H2,61,77)(H,63,80)(H,64,78)(H,65,81)(H,66,72)(H,67,73)(H,68,79)/b14-5-,27-24+/t33-,34+,43-,44+,45-,49-,50-,51-,52-,53-/m0/s1. The molecule has 4 aromatic carbocycles. The van der Waals surface area contributed by atoms with Crippen LogP contribution in [0, 0.1) is 0 Å². The average Bonchev–Trinajstić information content (AvgIpc) is 3.69. The maximum Gasteiger partial charge on any atom is 0.252 e. The van der Waals surface area contributed by atoms with Crippen molar-refractivity contribution in [3.8, 4) is 5.75 Å². The number of aliphatic hydroxyl groups excluding tert-OH is 3. The molecule has 442 valence electrons. The lowest BCUT2D eigenvalue weighted by molar-refractivity contribution is -0.151. The molecule has 0 bridgehead atoms. The van der Waals surface area contributed by atoms with Gasteiger partial charge in [0.25, 0.3) is 5.91 Å². The Bertz CT molecular complexity index is 3310. The van der Waals surface area contributed by atoms with E-state index in [0.29, 0.717) is 32.7 Å². The van der Waals surface area contributed by atoms with Gasteiger partial charge >= 0.3 is 0 Å². The summed E-state index contributed by atoms with van der Waals surface area (Å²) in [7, 11) is 1.42. The van der Waals surface area contributed by atoms with Crippen LogP contribution in [0.2, 0.25) is 0 Å². The number of H-pyrrole nitrogens is 1. The summed E-state index contributed by atoms with van der Waals surface area (Å²) in [5.41, 5.74) is 8.53. The van der Waals surface area contributed by atoms with Crippen molar-refractivity contribution in [2.24, 2.45) is 5.73 Å². The number of nitrogens with one attached hydrogen (secondary N) is 7. The Morgan fingerprint density at radius 2 is 1.38 bits per heavy atom. The molecule has 2 fully saturated rings. The van der Waals surface area contributed by atoms with Crippen LogP contribution in [-0.4, -0.2) is 158 Å². The number of imide groups is 1. The van der Waals surface area contributed by atoms with Gasteiger partial charge in [0.2, 0.25) is 53.2 Å². The lowest BCUT2D eigenvalue weighted by Crippen LogP contribution is -2.60. The van der Waals surface area contributed by atoms with Gasteiger partial charge in [0, 0.05) is 36.1 Å². The van der Waals surface area contributed by atoms with Crippen molar-refractivity contribution in [1.82, 2.24) is 46.7 Å². The first-order valence-corrected chi connectivity index (χ1v) is 27.1. The Labute approximate surface area is 483 Å². The minimum Gasteiger partial charge on any atom is -0.497 e. The minimum atomic E-state index is -1.97. The highest BCUT2D eigenvalue weighted by molar-refractivity contribution is 6.06. The second kappa shape index (κ2) is 28.5. The van der Waals surface area contributed by atoms with Crippen molar-refractivity contribution < 1.29 is 68.0 Å². The van der Waals surface area contributed by atoms with Gasteiger partial charge in [-0.25, -0.2) is 0 Å². The van der Waals surface area contributed by atoms with Gasteiger partial charge in [-0.2, -0.15) is 0 Å². The van der Waals surface area contributed by atoms with Crippen LogP contribution in [0.5, 0.6) is 5.75 Å². The van der Waals surface area contributed by atoms with Gasteiger partial charge in [-0.1, -0.05) is 97.1 Å². The third-order valence-corrected chi connectivity index (χ3v) is 14.4. The van der Waals surface area contributed by atoms with Crippen molar-refractivity contribution in [3.05, 3.63) is 149 Å². The zero-order valence-corrected chi connectivity index (χ0v) is 46.5. The summed E-state index contributed by atoms with van der Waals surface area (Å²) in [6.07, 6.45) is 1.52. The molecule has 0 spiro atoms. The molecule has 84 heavy (non-hydrogen) atoms. The number of nitrogens with zero attached hydrogens (tertiary/aromatic N) is 2. The number of aromatic amines is 1. The number of aromatic nitrogens is 1. The maximum absolute atomic E-state index is 15.4. The van der Waals surface area contributed by atoms with Crippen molar-refractivity contribution in [2.45, 2.75) is 107 Å². The number of fused-ring (bicyclic) bond motifs is 2. The van der Waals surface area contributed by atoms with Crippen molar-refractivity contribution in [2.75, 3.05) is 20.2 Å². The first kappa shape index (κ1) is 62.1. The Kier molecular flexibility index (Phi) is 21.0. The molecule has 5 aromatic rings. The molecule has 0 unspecified atom stereocenters. The number of amides is 10. The van der Waals surface area contributed by atoms with E-state index in [0.717, 1.165) is 16.5 Å². The van der Waals surface area contributed by atoms with Crippen molar-refractivity contribution in [1.29, 1.82) is 0 Å². The number of carbonyl (C=O) groups excluding carboxylic acids is 10. The fraction of sp³-hybridized carbons (Fsp3) is 0.333. The number of aliphatic hydroxyl groups is 3. The fourth-order valence-corrected chi connectivity index (χ4v) is 9.89. The summed E-state index contributed by atoms with van der Waals surface area (Å²) >= 11 is 0. The minimum absolute atomic E-state index is 0.0519. The highest BCUT2D eigenvalue weighted by atomic mass is 16.5. The van der Waals surface area contributed by atoms with Gasteiger partial charge in [-0.05, 0) is 85.7 Å². The zero-order valence-electron chi connectivity index (χ0n) is 46.5. The molecule has 2 aliphatic rings. The van der Waals surface area contributed by atoms with Gasteiger partial charge in [-0.15, -0.1) is 0 Å². The molecule has 2 aliphatic heterocycles. The topological polar surface area (TPSA) is 361 Å². The second-order valence-corrected chi connectivity index (χ2v) is 20.3. The van der Waals surface area contributed by atoms with E-state index >= 15 is 4.79 Å². The molecule has 24 heteroatoms. The Hall–Kier alpha value is -9.52. The van der Waals surface area contributed by atoms with Crippen molar-refractivity contribution >= 4 is 82.1 Å².